The fourth-order valence-corrected chi connectivity index (χ4v) is 2.25. The molecule has 0 bridgehead atoms. The fraction of sp³-hybridized carbons (Fsp3) is 0.533. The zero-order valence-corrected chi connectivity index (χ0v) is 14.0. The van der Waals surface area contributed by atoms with Crippen LogP contribution in [0, 0.1) is 5.82 Å². The summed E-state index contributed by atoms with van der Waals surface area (Å²) in [5.74, 6) is -0.292. The maximum Gasteiger partial charge on any atom is 0.181 e. The first-order valence-electron chi connectivity index (χ1n) is 7.05. The van der Waals surface area contributed by atoms with E-state index in [0.29, 0.717) is 10.6 Å². The van der Waals surface area contributed by atoms with Crippen molar-refractivity contribution in [3.05, 3.63) is 23.5 Å². The summed E-state index contributed by atoms with van der Waals surface area (Å²) >= 11 is 1.34. The van der Waals surface area contributed by atoms with Crippen LogP contribution in [0.4, 0.5) is 9.52 Å². The Bertz CT molecular complexity index is 453. The molecule has 0 radical (unpaired) electrons. The van der Waals surface area contributed by atoms with Crippen LogP contribution in [0.2, 0.25) is 0 Å². The summed E-state index contributed by atoms with van der Waals surface area (Å²) in [5.41, 5.74) is 7.03. The molecule has 0 aliphatic rings. The number of halogens is 1. The molecule has 2 N–H and O–H groups in total. The molecule has 0 amide bonds. The van der Waals surface area contributed by atoms with Crippen molar-refractivity contribution >= 4 is 26.7 Å². The lowest BCUT2D eigenvalue weighted by atomic mass is 10.1. The Kier molecular flexibility index (Phi) is 12.6. The van der Waals surface area contributed by atoms with Gasteiger partial charge in [-0.15, -0.1) is 0 Å². The van der Waals surface area contributed by atoms with Gasteiger partial charge in [0.1, 0.15) is 11.3 Å². The zero-order valence-electron chi connectivity index (χ0n) is 13.2. The second-order valence-electron chi connectivity index (χ2n) is 2.79. The fourth-order valence-electron chi connectivity index (χ4n) is 1.32. The lowest BCUT2D eigenvalue weighted by Gasteiger charge is -1.97. The third-order valence-corrected chi connectivity index (χ3v) is 2.93. The number of benzene rings is 1. The molecule has 2 rings (SSSR count). The maximum absolute atomic E-state index is 13.2. The smallest absolute Gasteiger partial charge is 0.181 e. The van der Waals surface area contributed by atoms with E-state index in [1.54, 1.807) is 6.07 Å². The number of fused-ring (bicyclic) bond motifs is 1. The van der Waals surface area contributed by atoms with Crippen LogP contribution in [0.5, 0.6) is 0 Å². The van der Waals surface area contributed by atoms with Crippen LogP contribution in [0.3, 0.4) is 0 Å². The van der Waals surface area contributed by atoms with E-state index >= 15 is 0 Å². The molecule has 110 valence electrons. The van der Waals surface area contributed by atoms with E-state index in [1.807, 2.05) is 48.5 Å². The van der Waals surface area contributed by atoms with Crippen LogP contribution < -0.4 is 5.73 Å². The van der Waals surface area contributed by atoms with E-state index in [2.05, 4.69) is 4.98 Å². The SMILES string of the molecule is CC.CC.CC.CCc1ccc(F)c2nc(N)sc12. The van der Waals surface area contributed by atoms with Crippen molar-refractivity contribution < 1.29 is 4.39 Å². The minimum atomic E-state index is -0.292. The first-order valence-corrected chi connectivity index (χ1v) is 7.87. The van der Waals surface area contributed by atoms with Gasteiger partial charge in [-0.25, -0.2) is 9.37 Å². The van der Waals surface area contributed by atoms with Crippen LogP contribution in [0.1, 0.15) is 54.0 Å². The molecule has 2 aromatic rings. The number of hydrogen-bond donors (Lipinski definition) is 1. The minimum Gasteiger partial charge on any atom is -0.375 e. The predicted octanol–water partition coefficient (Wildman–Crippen LogP) is 5.66. The molecule has 0 unspecified atom stereocenters. The molecule has 2 nitrogen and oxygen atoms in total. The number of thiazole rings is 1. The van der Waals surface area contributed by atoms with Crippen molar-refractivity contribution in [2.75, 3.05) is 5.73 Å². The molecule has 0 saturated carbocycles. The molecule has 0 spiro atoms. The molecule has 0 fully saturated rings. The monoisotopic (exact) mass is 286 g/mol. The number of aryl methyl sites for hydroxylation is 1. The van der Waals surface area contributed by atoms with Gasteiger partial charge in [0, 0.05) is 0 Å². The Hall–Kier alpha value is -1.16. The van der Waals surface area contributed by atoms with Crippen LogP contribution in [-0.4, -0.2) is 4.98 Å². The van der Waals surface area contributed by atoms with Gasteiger partial charge in [-0.05, 0) is 18.1 Å². The molecule has 0 aliphatic carbocycles. The normalized spacial score (nSPS) is 8.42. The number of nitrogens with zero attached hydrogens (tertiary/aromatic N) is 1. The number of nitrogen functional groups attached to an aromatic ring is 1. The summed E-state index contributed by atoms with van der Waals surface area (Å²) < 4.78 is 14.1. The number of rotatable bonds is 1. The molecule has 1 aromatic carbocycles. The van der Waals surface area contributed by atoms with Gasteiger partial charge in [-0.1, -0.05) is 65.9 Å². The Morgan fingerprint density at radius 2 is 1.63 bits per heavy atom. The van der Waals surface area contributed by atoms with Crippen LogP contribution in [0.25, 0.3) is 10.2 Å². The Morgan fingerprint density at radius 1 is 1.11 bits per heavy atom. The lowest BCUT2D eigenvalue weighted by Crippen LogP contribution is -1.84. The van der Waals surface area contributed by atoms with Gasteiger partial charge in [0.05, 0.1) is 4.70 Å². The Morgan fingerprint density at radius 3 is 2.11 bits per heavy atom. The van der Waals surface area contributed by atoms with Gasteiger partial charge in [-0.2, -0.15) is 0 Å². The topological polar surface area (TPSA) is 38.9 Å². The summed E-state index contributed by atoms with van der Waals surface area (Å²) in [6, 6.07) is 3.23. The van der Waals surface area contributed by atoms with Crippen molar-refractivity contribution in [2.24, 2.45) is 0 Å². The zero-order chi connectivity index (χ0) is 15.4. The van der Waals surface area contributed by atoms with Crippen molar-refractivity contribution in [1.29, 1.82) is 0 Å². The molecule has 0 atom stereocenters. The van der Waals surface area contributed by atoms with E-state index in [1.165, 1.54) is 17.4 Å². The maximum atomic E-state index is 13.2. The highest BCUT2D eigenvalue weighted by Crippen LogP contribution is 2.29. The second kappa shape index (κ2) is 11.9. The van der Waals surface area contributed by atoms with Crippen LogP contribution >= 0.6 is 11.3 Å². The molecule has 19 heavy (non-hydrogen) atoms. The van der Waals surface area contributed by atoms with Crippen LogP contribution in [0.15, 0.2) is 12.1 Å². The third kappa shape index (κ3) is 5.55. The minimum absolute atomic E-state index is 0.292. The highest BCUT2D eigenvalue weighted by molar-refractivity contribution is 7.22. The van der Waals surface area contributed by atoms with Crippen molar-refractivity contribution in [3.63, 3.8) is 0 Å². The van der Waals surface area contributed by atoms with E-state index in [4.69, 9.17) is 5.73 Å². The standard InChI is InChI=1S/C9H9FN2S.3C2H6/c1-2-5-3-4-6(10)7-8(5)13-9(11)12-7;3*1-2/h3-4H,2H2,1H3,(H2,11,12);3*1-2H3. The Labute approximate surface area is 120 Å². The summed E-state index contributed by atoms with van der Waals surface area (Å²) in [5, 5.41) is 0.426. The average Bonchev–Trinajstić information content (AvgIpc) is 2.88. The lowest BCUT2D eigenvalue weighted by molar-refractivity contribution is 0.637. The summed E-state index contributed by atoms with van der Waals surface area (Å²) in [7, 11) is 0. The van der Waals surface area contributed by atoms with E-state index in [-0.39, 0.29) is 5.82 Å². The number of hydrogen-bond acceptors (Lipinski definition) is 3. The largest absolute Gasteiger partial charge is 0.375 e. The van der Waals surface area contributed by atoms with E-state index in [0.717, 1.165) is 16.7 Å². The molecule has 4 heteroatoms. The molecular weight excluding hydrogens is 259 g/mol. The molecule has 1 heterocycles. The highest BCUT2D eigenvalue weighted by Gasteiger charge is 2.09. The molecule has 1 aromatic heterocycles. The summed E-state index contributed by atoms with van der Waals surface area (Å²) in [4.78, 5) is 3.94. The summed E-state index contributed by atoms with van der Waals surface area (Å²) in [6.07, 6.45) is 0.873. The van der Waals surface area contributed by atoms with Crippen LogP contribution in [-0.2, 0) is 6.42 Å². The highest BCUT2D eigenvalue weighted by atomic mass is 32.1. The molecule has 0 saturated heterocycles. The van der Waals surface area contributed by atoms with Gasteiger partial charge in [0.2, 0.25) is 0 Å². The van der Waals surface area contributed by atoms with Gasteiger partial charge in [0.15, 0.2) is 5.13 Å². The van der Waals surface area contributed by atoms with Gasteiger partial charge < -0.3 is 5.73 Å². The third-order valence-electron chi connectivity index (χ3n) is 1.97. The first-order chi connectivity index (χ1) is 9.22. The summed E-state index contributed by atoms with van der Waals surface area (Å²) in [6.45, 7) is 14.0. The number of aromatic nitrogens is 1. The van der Waals surface area contributed by atoms with Crippen molar-refractivity contribution in [2.45, 2.75) is 54.9 Å². The first kappa shape index (κ1) is 20.2. The molecule has 0 aliphatic heterocycles. The number of nitrogens with two attached hydrogens (primary N) is 1. The Balaban J connectivity index is 0. The second-order valence-corrected chi connectivity index (χ2v) is 3.82. The van der Waals surface area contributed by atoms with Gasteiger partial charge in [0.25, 0.3) is 0 Å². The molecular formula is C15H27FN2S. The van der Waals surface area contributed by atoms with Gasteiger partial charge in [-0.3, -0.25) is 0 Å². The average molecular weight is 286 g/mol. The quantitative estimate of drug-likeness (QED) is 0.734. The van der Waals surface area contributed by atoms with Crippen molar-refractivity contribution in [1.82, 2.24) is 4.98 Å². The number of anilines is 1. The van der Waals surface area contributed by atoms with Crippen molar-refractivity contribution in [3.8, 4) is 0 Å². The van der Waals surface area contributed by atoms with Gasteiger partial charge >= 0.3 is 0 Å². The van der Waals surface area contributed by atoms with E-state index in [9.17, 15) is 4.39 Å². The van der Waals surface area contributed by atoms with E-state index < -0.39 is 0 Å². The predicted molar refractivity (Wildman–Crippen MR) is 87.4 cm³/mol.